The van der Waals surface area contributed by atoms with Gasteiger partial charge in [-0.25, -0.2) is 4.79 Å². The van der Waals surface area contributed by atoms with Crippen molar-refractivity contribution in [3.8, 4) is 0 Å². The Morgan fingerprint density at radius 1 is 1.30 bits per heavy atom. The number of nitrogens with one attached hydrogen (secondary N) is 1. The van der Waals surface area contributed by atoms with Crippen molar-refractivity contribution in [3.05, 3.63) is 65.9 Å². The fraction of sp³-hybridized carbons (Fsp3) is 0.286. The van der Waals surface area contributed by atoms with Gasteiger partial charge in [0.2, 0.25) is 0 Å². The van der Waals surface area contributed by atoms with Gasteiger partial charge in [-0.15, -0.1) is 0 Å². The molecule has 0 saturated heterocycles. The van der Waals surface area contributed by atoms with E-state index in [0.29, 0.717) is 12.0 Å². The van der Waals surface area contributed by atoms with Crippen molar-refractivity contribution < 1.29 is 0 Å². The molecule has 0 fully saturated rings. The highest BCUT2D eigenvalue weighted by atomic mass is 79.9. The summed E-state index contributed by atoms with van der Waals surface area (Å²) in [5.74, 6) is 0. The number of aromatic amines is 1. The third-order valence-corrected chi connectivity index (χ3v) is 4.11. The van der Waals surface area contributed by atoms with Gasteiger partial charge in [0.05, 0.1) is 12.1 Å². The largest absolute Gasteiger partial charge is 0.329 e. The summed E-state index contributed by atoms with van der Waals surface area (Å²) < 4.78 is 2.04. The molecule has 0 aliphatic heterocycles. The SMILES string of the molecule is CCCc1c(Cl)[nH]c(=O)n(Cc2ccccc2Br)c1=O. The van der Waals surface area contributed by atoms with Crippen LogP contribution in [0.25, 0.3) is 0 Å². The van der Waals surface area contributed by atoms with Gasteiger partial charge in [0.1, 0.15) is 5.15 Å². The molecule has 2 aromatic rings. The van der Waals surface area contributed by atoms with Crippen LogP contribution in [0.3, 0.4) is 0 Å². The first-order valence-corrected chi connectivity index (χ1v) is 7.46. The number of hydrogen-bond acceptors (Lipinski definition) is 2. The standard InChI is InChI=1S/C14H14BrClN2O2/c1-2-5-10-12(16)17-14(20)18(13(10)19)8-9-6-3-4-7-11(9)15/h3-4,6-7H,2,5,8H2,1H3,(H,17,20). The lowest BCUT2D eigenvalue weighted by atomic mass is 10.2. The molecule has 106 valence electrons. The minimum atomic E-state index is -0.490. The summed E-state index contributed by atoms with van der Waals surface area (Å²) in [5.41, 5.74) is 0.512. The number of hydrogen-bond donors (Lipinski definition) is 1. The van der Waals surface area contributed by atoms with E-state index >= 15 is 0 Å². The zero-order valence-corrected chi connectivity index (χ0v) is 13.3. The van der Waals surface area contributed by atoms with Crippen LogP contribution in [0.1, 0.15) is 24.5 Å². The van der Waals surface area contributed by atoms with Gasteiger partial charge in [-0.3, -0.25) is 14.3 Å². The lowest BCUT2D eigenvalue weighted by Crippen LogP contribution is -2.37. The van der Waals surface area contributed by atoms with Crippen molar-refractivity contribution in [2.45, 2.75) is 26.3 Å². The normalized spacial score (nSPS) is 10.8. The summed E-state index contributed by atoms with van der Waals surface area (Å²) in [6, 6.07) is 7.48. The van der Waals surface area contributed by atoms with Gasteiger partial charge >= 0.3 is 5.69 Å². The molecule has 2 rings (SSSR count). The molecule has 20 heavy (non-hydrogen) atoms. The Kier molecular flexibility index (Phi) is 4.83. The average molecular weight is 358 g/mol. The van der Waals surface area contributed by atoms with Crippen LogP contribution in [-0.4, -0.2) is 9.55 Å². The van der Waals surface area contributed by atoms with E-state index in [1.54, 1.807) is 0 Å². The maximum Gasteiger partial charge on any atom is 0.329 e. The zero-order chi connectivity index (χ0) is 14.7. The third kappa shape index (κ3) is 3.04. The van der Waals surface area contributed by atoms with Crippen LogP contribution in [0.5, 0.6) is 0 Å². The Balaban J connectivity index is 2.53. The Morgan fingerprint density at radius 2 is 2.00 bits per heavy atom. The van der Waals surface area contributed by atoms with Crippen molar-refractivity contribution in [2.24, 2.45) is 0 Å². The monoisotopic (exact) mass is 356 g/mol. The number of aromatic nitrogens is 2. The molecule has 0 unspecified atom stereocenters. The van der Waals surface area contributed by atoms with Crippen molar-refractivity contribution in [3.63, 3.8) is 0 Å². The first-order valence-electron chi connectivity index (χ1n) is 6.29. The number of H-pyrrole nitrogens is 1. The minimum absolute atomic E-state index is 0.144. The molecule has 1 aromatic heterocycles. The van der Waals surface area contributed by atoms with E-state index in [-0.39, 0.29) is 17.3 Å². The van der Waals surface area contributed by atoms with Crippen molar-refractivity contribution in [1.29, 1.82) is 0 Å². The maximum absolute atomic E-state index is 12.4. The van der Waals surface area contributed by atoms with E-state index in [1.807, 2.05) is 31.2 Å². The van der Waals surface area contributed by atoms with Gasteiger partial charge in [-0.1, -0.05) is 59.1 Å². The first kappa shape index (κ1) is 15.1. The van der Waals surface area contributed by atoms with Crippen LogP contribution in [0, 0.1) is 0 Å². The highest BCUT2D eigenvalue weighted by Crippen LogP contribution is 2.16. The molecule has 0 bridgehead atoms. The van der Waals surface area contributed by atoms with E-state index in [9.17, 15) is 9.59 Å². The number of benzene rings is 1. The highest BCUT2D eigenvalue weighted by molar-refractivity contribution is 9.10. The topological polar surface area (TPSA) is 54.9 Å². The second-order valence-corrected chi connectivity index (χ2v) is 5.69. The predicted molar refractivity (Wildman–Crippen MR) is 83.6 cm³/mol. The molecular weight excluding hydrogens is 344 g/mol. The first-order chi connectivity index (χ1) is 9.54. The molecule has 0 spiro atoms. The van der Waals surface area contributed by atoms with Gasteiger partial charge in [0.25, 0.3) is 5.56 Å². The summed E-state index contributed by atoms with van der Waals surface area (Å²) in [7, 11) is 0. The Hall–Kier alpha value is -1.33. The van der Waals surface area contributed by atoms with Crippen LogP contribution in [-0.2, 0) is 13.0 Å². The van der Waals surface area contributed by atoms with E-state index in [0.717, 1.165) is 16.5 Å². The summed E-state index contributed by atoms with van der Waals surface area (Å²) in [6.45, 7) is 2.17. The Morgan fingerprint density at radius 3 is 2.65 bits per heavy atom. The second-order valence-electron chi connectivity index (χ2n) is 4.46. The number of rotatable bonds is 4. The minimum Gasteiger partial charge on any atom is -0.297 e. The molecular formula is C14H14BrClN2O2. The fourth-order valence-electron chi connectivity index (χ4n) is 1.99. The second kappa shape index (κ2) is 6.41. The fourth-order valence-corrected chi connectivity index (χ4v) is 2.66. The number of halogens is 2. The molecule has 0 saturated carbocycles. The zero-order valence-electron chi connectivity index (χ0n) is 11.0. The third-order valence-electron chi connectivity index (χ3n) is 3.02. The maximum atomic E-state index is 12.4. The lowest BCUT2D eigenvalue weighted by Gasteiger charge is -2.09. The molecule has 1 heterocycles. The van der Waals surface area contributed by atoms with E-state index in [1.165, 1.54) is 4.57 Å². The van der Waals surface area contributed by atoms with Gasteiger partial charge in [-0.2, -0.15) is 0 Å². The van der Waals surface area contributed by atoms with Crippen molar-refractivity contribution >= 4 is 27.5 Å². The van der Waals surface area contributed by atoms with E-state index in [2.05, 4.69) is 20.9 Å². The quantitative estimate of drug-likeness (QED) is 0.855. The van der Waals surface area contributed by atoms with E-state index in [4.69, 9.17) is 11.6 Å². The summed E-state index contributed by atoms with van der Waals surface area (Å²) >= 11 is 9.35. The van der Waals surface area contributed by atoms with Gasteiger partial charge in [-0.05, 0) is 18.1 Å². The summed E-state index contributed by atoms with van der Waals surface area (Å²) in [4.78, 5) is 26.8. The summed E-state index contributed by atoms with van der Waals surface area (Å²) in [5, 5.41) is 0.144. The molecule has 1 N–H and O–H groups in total. The van der Waals surface area contributed by atoms with Gasteiger partial charge in [0.15, 0.2) is 0 Å². The van der Waals surface area contributed by atoms with E-state index < -0.39 is 5.69 Å². The average Bonchev–Trinajstić information content (AvgIpc) is 2.41. The summed E-state index contributed by atoms with van der Waals surface area (Å²) in [6.07, 6.45) is 1.33. The lowest BCUT2D eigenvalue weighted by molar-refractivity contribution is 0.679. The molecule has 4 nitrogen and oxygen atoms in total. The van der Waals surface area contributed by atoms with Crippen LogP contribution >= 0.6 is 27.5 Å². The smallest absolute Gasteiger partial charge is 0.297 e. The molecule has 0 aliphatic carbocycles. The Bertz CT molecular complexity index is 737. The molecule has 0 atom stereocenters. The molecule has 1 aromatic carbocycles. The predicted octanol–water partition coefficient (Wildman–Crippen LogP) is 2.95. The molecule has 0 aliphatic rings. The van der Waals surface area contributed by atoms with Crippen LogP contribution in [0.15, 0.2) is 38.3 Å². The van der Waals surface area contributed by atoms with Gasteiger partial charge in [0, 0.05) is 4.47 Å². The molecule has 0 radical (unpaired) electrons. The molecule has 0 amide bonds. The highest BCUT2D eigenvalue weighted by Gasteiger charge is 2.13. The van der Waals surface area contributed by atoms with Crippen LogP contribution < -0.4 is 11.2 Å². The van der Waals surface area contributed by atoms with Crippen LogP contribution in [0.4, 0.5) is 0 Å². The Labute approximate surface area is 129 Å². The van der Waals surface area contributed by atoms with Gasteiger partial charge < -0.3 is 0 Å². The van der Waals surface area contributed by atoms with Crippen molar-refractivity contribution in [1.82, 2.24) is 9.55 Å². The molecule has 6 heteroatoms. The van der Waals surface area contributed by atoms with Crippen LogP contribution in [0.2, 0.25) is 5.15 Å². The number of nitrogens with zero attached hydrogens (tertiary/aromatic N) is 1. The van der Waals surface area contributed by atoms with Crippen molar-refractivity contribution in [2.75, 3.05) is 0 Å².